The fourth-order valence-electron chi connectivity index (χ4n) is 1.12. The number of H-pyrrole nitrogens is 1. The zero-order chi connectivity index (χ0) is 9.10. The molecule has 1 aromatic rings. The molecule has 0 bridgehead atoms. The average Bonchev–Trinajstić information content (AvgIpc) is 2.49. The van der Waals surface area contributed by atoms with E-state index in [0.717, 1.165) is 13.0 Å². The first-order valence-corrected chi connectivity index (χ1v) is 4.21. The Morgan fingerprint density at radius 2 is 2.62 bits per heavy atom. The highest BCUT2D eigenvalue weighted by Gasteiger charge is 2.23. The minimum atomic E-state index is -0.0112. The Hall–Kier alpha value is -1.43. The fourth-order valence-corrected chi connectivity index (χ4v) is 1.12. The largest absolute Gasteiger partial charge is 0.347 e. The Bertz CT molecular complexity index is 279. The number of hydrogen-bond acceptors (Lipinski definition) is 4. The van der Waals surface area contributed by atoms with Crippen molar-refractivity contribution >= 4 is 5.91 Å². The van der Waals surface area contributed by atoms with Crippen molar-refractivity contribution in [2.24, 2.45) is 0 Å². The molecule has 2 rings (SSSR count). The molecule has 0 aromatic carbocycles. The van der Waals surface area contributed by atoms with Crippen LogP contribution in [0, 0.1) is 0 Å². The number of aromatic amines is 1. The summed E-state index contributed by atoms with van der Waals surface area (Å²) in [6.45, 7) is 1.34. The molecule has 1 amide bonds. The summed E-state index contributed by atoms with van der Waals surface area (Å²) in [5.74, 6) is 0.704. The predicted octanol–water partition coefficient (Wildman–Crippen LogP) is -1.22. The molecule has 70 valence electrons. The number of amides is 1. The number of carbonyl (C=O) groups excluding carboxylic acids is 1. The first-order chi connectivity index (χ1) is 6.36. The molecule has 13 heavy (non-hydrogen) atoms. The van der Waals surface area contributed by atoms with Crippen LogP contribution in [0.25, 0.3) is 0 Å². The summed E-state index contributed by atoms with van der Waals surface area (Å²) in [5.41, 5.74) is 0. The SMILES string of the molecule is O=C(NCc1ncn[nH]1)C1CCN1. The summed E-state index contributed by atoms with van der Waals surface area (Å²) in [6, 6.07) is -0.0112. The van der Waals surface area contributed by atoms with Gasteiger partial charge in [-0.15, -0.1) is 0 Å². The second-order valence-corrected chi connectivity index (χ2v) is 2.95. The third-order valence-electron chi connectivity index (χ3n) is 2.04. The molecule has 1 unspecified atom stereocenters. The fraction of sp³-hybridized carbons (Fsp3) is 0.571. The maximum Gasteiger partial charge on any atom is 0.237 e. The van der Waals surface area contributed by atoms with Gasteiger partial charge in [0.05, 0.1) is 12.6 Å². The third-order valence-corrected chi connectivity index (χ3v) is 2.04. The minimum Gasteiger partial charge on any atom is -0.347 e. The predicted molar refractivity (Wildman–Crippen MR) is 44.6 cm³/mol. The first kappa shape index (κ1) is 8.18. The van der Waals surface area contributed by atoms with Gasteiger partial charge in [-0.05, 0) is 13.0 Å². The van der Waals surface area contributed by atoms with E-state index in [2.05, 4.69) is 25.8 Å². The summed E-state index contributed by atoms with van der Waals surface area (Å²) in [4.78, 5) is 15.2. The number of nitrogens with zero attached hydrogens (tertiary/aromatic N) is 2. The summed E-state index contributed by atoms with van der Waals surface area (Å²) in [5, 5.41) is 12.1. The number of aromatic nitrogens is 3. The number of carbonyl (C=O) groups is 1. The van der Waals surface area contributed by atoms with Crippen LogP contribution in [0.1, 0.15) is 12.2 Å². The van der Waals surface area contributed by atoms with Crippen LogP contribution in [0.4, 0.5) is 0 Å². The highest BCUT2D eigenvalue weighted by atomic mass is 16.2. The monoisotopic (exact) mass is 181 g/mol. The van der Waals surface area contributed by atoms with Crippen molar-refractivity contribution in [3.8, 4) is 0 Å². The smallest absolute Gasteiger partial charge is 0.237 e. The summed E-state index contributed by atoms with van der Waals surface area (Å²) < 4.78 is 0. The van der Waals surface area contributed by atoms with Gasteiger partial charge in [0.25, 0.3) is 0 Å². The van der Waals surface area contributed by atoms with E-state index in [0.29, 0.717) is 12.4 Å². The van der Waals surface area contributed by atoms with Crippen molar-refractivity contribution < 1.29 is 4.79 Å². The Labute approximate surface area is 75.1 Å². The second kappa shape index (κ2) is 3.53. The standard InChI is InChI=1S/C7H11N5O/c13-7(5-1-2-8-5)9-3-6-10-4-11-12-6/h4-5,8H,1-3H2,(H,9,13)(H,10,11,12). The van der Waals surface area contributed by atoms with Crippen LogP contribution < -0.4 is 10.6 Å². The van der Waals surface area contributed by atoms with Crippen LogP contribution in [-0.2, 0) is 11.3 Å². The van der Waals surface area contributed by atoms with E-state index in [1.165, 1.54) is 6.33 Å². The van der Waals surface area contributed by atoms with Crippen molar-refractivity contribution in [2.45, 2.75) is 19.0 Å². The van der Waals surface area contributed by atoms with Gasteiger partial charge < -0.3 is 10.6 Å². The molecule has 3 N–H and O–H groups in total. The Kier molecular flexibility index (Phi) is 2.22. The van der Waals surface area contributed by atoms with E-state index >= 15 is 0 Å². The lowest BCUT2D eigenvalue weighted by Crippen LogP contribution is -2.53. The number of hydrogen-bond donors (Lipinski definition) is 3. The molecule has 1 atom stereocenters. The maximum absolute atomic E-state index is 11.3. The lowest BCUT2D eigenvalue weighted by Gasteiger charge is -2.25. The van der Waals surface area contributed by atoms with Gasteiger partial charge in [-0.3, -0.25) is 9.89 Å². The molecule has 0 saturated carbocycles. The highest BCUT2D eigenvalue weighted by molar-refractivity contribution is 5.82. The van der Waals surface area contributed by atoms with Crippen molar-refractivity contribution in [2.75, 3.05) is 6.54 Å². The van der Waals surface area contributed by atoms with Crippen molar-refractivity contribution in [3.63, 3.8) is 0 Å². The van der Waals surface area contributed by atoms with Crippen LogP contribution in [0.5, 0.6) is 0 Å². The van der Waals surface area contributed by atoms with E-state index in [-0.39, 0.29) is 11.9 Å². The van der Waals surface area contributed by atoms with E-state index in [1.54, 1.807) is 0 Å². The molecule has 1 aliphatic rings. The van der Waals surface area contributed by atoms with E-state index in [1.807, 2.05) is 0 Å². The van der Waals surface area contributed by atoms with Crippen LogP contribution in [0.2, 0.25) is 0 Å². The van der Waals surface area contributed by atoms with Crippen LogP contribution in [0.3, 0.4) is 0 Å². The Morgan fingerprint density at radius 3 is 3.15 bits per heavy atom. The molecule has 1 saturated heterocycles. The molecule has 6 nitrogen and oxygen atoms in total. The normalized spacial score (nSPS) is 20.8. The molecule has 6 heteroatoms. The lowest BCUT2D eigenvalue weighted by atomic mass is 10.1. The van der Waals surface area contributed by atoms with Gasteiger partial charge in [-0.25, -0.2) is 4.98 Å². The van der Waals surface area contributed by atoms with E-state index in [4.69, 9.17) is 0 Å². The van der Waals surface area contributed by atoms with E-state index in [9.17, 15) is 4.79 Å². The average molecular weight is 181 g/mol. The van der Waals surface area contributed by atoms with Crippen molar-refractivity contribution in [3.05, 3.63) is 12.2 Å². The van der Waals surface area contributed by atoms with Gasteiger partial charge in [0.15, 0.2) is 0 Å². The molecular formula is C7H11N5O. The topological polar surface area (TPSA) is 82.7 Å². The lowest BCUT2D eigenvalue weighted by molar-refractivity contribution is -0.124. The second-order valence-electron chi connectivity index (χ2n) is 2.95. The third kappa shape index (κ3) is 1.83. The number of nitrogens with one attached hydrogen (secondary N) is 3. The molecule has 1 fully saturated rings. The molecule has 2 heterocycles. The summed E-state index contributed by atoms with van der Waals surface area (Å²) >= 11 is 0. The Balaban J connectivity index is 1.76. The highest BCUT2D eigenvalue weighted by Crippen LogP contribution is 2.01. The molecular weight excluding hydrogens is 170 g/mol. The van der Waals surface area contributed by atoms with Gasteiger partial charge in [0.2, 0.25) is 5.91 Å². The van der Waals surface area contributed by atoms with Crippen LogP contribution in [0.15, 0.2) is 6.33 Å². The van der Waals surface area contributed by atoms with Crippen molar-refractivity contribution in [1.82, 2.24) is 25.8 Å². The van der Waals surface area contributed by atoms with Gasteiger partial charge in [-0.1, -0.05) is 0 Å². The molecule has 0 radical (unpaired) electrons. The zero-order valence-corrected chi connectivity index (χ0v) is 7.08. The van der Waals surface area contributed by atoms with E-state index < -0.39 is 0 Å². The minimum absolute atomic E-state index is 0.0112. The summed E-state index contributed by atoms with van der Waals surface area (Å²) in [7, 11) is 0. The maximum atomic E-state index is 11.3. The Morgan fingerprint density at radius 1 is 1.77 bits per heavy atom. The van der Waals surface area contributed by atoms with Crippen molar-refractivity contribution in [1.29, 1.82) is 0 Å². The van der Waals surface area contributed by atoms with Crippen LogP contribution >= 0.6 is 0 Å². The quantitative estimate of drug-likeness (QED) is 0.546. The van der Waals surface area contributed by atoms with Crippen LogP contribution in [-0.4, -0.2) is 33.7 Å². The zero-order valence-electron chi connectivity index (χ0n) is 7.08. The molecule has 1 aromatic heterocycles. The van der Waals surface area contributed by atoms with Gasteiger partial charge in [0, 0.05) is 0 Å². The van der Waals surface area contributed by atoms with Gasteiger partial charge in [-0.2, -0.15) is 5.10 Å². The van der Waals surface area contributed by atoms with Gasteiger partial charge in [0.1, 0.15) is 12.2 Å². The summed E-state index contributed by atoms with van der Waals surface area (Å²) in [6.07, 6.45) is 2.34. The molecule has 0 spiro atoms. The first-order valence-electron chi connectivity index (χ1n) is 4.21. The molecule has 0 aliphatic carbocycles. The molecule has 1 aliphatic heterocycles. The van der Waals surface area contributed by atoms with Gasteiger partial charge >= 0.3 is 0 Å². The number of rotatable bonds is 3.